The molecule has 0 saturated heterocycles. The Bertz CT molecular complexity index is 535. The van der Waals surface area contributed by atoms with Gasteiger partial charge in [0, 0.05) is 43.4 Å². The van der Waals surface area contributed by atoms with Gasteiger partial charge in [-0.3, -0.25) is 9.79 Å². The van der Waals surface area contributed by atoms with Crippen LogP contribution in [0.4, 0.5) is 5.69 Å². The molecule has 23 heavy (non-hydrogen) atoms. The fourth-order valence-electron chi connectivity index (χ4n) is 1.83. The smallest absolute Gasteiger partial charge is 0.226 e. The second-order valence-electron chi connectivity index (χ2n) is 4.95. The van der Waals surface area contributed by atoms with Gasteiger partial charge in [0.15, 0.2) is 5.96 Å². The van der Waals surface area contributed by atoms with Crippen molar-refractivity contribution >= 4 is 29.2 Å². The van der Waals surface area contributed by atoms with Crippen molar-refractivity contribution in [3.63, 3.8) is 0 Å². The SMILES string of the molecule is CCOCCCN=C(N)NCCC(=O)Nc1cccc(Cl)c1C. The minimum atomic E-state index is -0.105. The van der Waals surface area contributed by atoms with E-state index in [0.717, 1.165) is 17.7 Å². The Morgan fingerprint density at radius 3 is 2.96 bits per heavy atom. The lowest BCUT2D eigenvalue weighted by atomic mass is 10.2. The van der Waals surface area contributed by atoms with Crippen molar-refractivity contribution in [2.45, 2.75) is 26.7 Å². The predicted octanol–water partition coefficient (Wildman–Crippen LogP) is 2.31. The standard InChI is InChI=1S/C16H25ClN4O2/c1-3-23-11-5-9-19-16(18)20-10-8-15(22)21-14-7-4-6-13(17)12(14)2/h4,6-7H,3,5,8-11H2,1-2H3,(H,21,22)(H3,18,19,20). The Balaban J connectivity index is 2.25. The minimum absolute atomic E-state index is 0.105. The lowest BCUT2D eigenvalue weighted by Crippen LogP contribution is -2.34. The van der Waals surface area contributed by atoms with Gasteiger partial charge in [0.2, 0.25) is 5.91 Å². The van der Waals surface area contributed by atoms with Crippen molar-refractivity contribution in [1.29, 1.82) is 0 Å². The molecule has 0 spiro atoms. The van der Waals surface area contributed by atoms with Gasteiger partial charge in [0.1, 0.15) is 0 Å². The molecule has 0 heterocycles. The maximum atomic E-state index is 11.9. The monoisotopic (exact) mass is 340 g/mol. The van der Waals surface area contributed by atoms with Crippen LogP contribution in [0.25, 0.3) is 0 Å². The molecule has 1 rings (SSSR count). The van der Waals surface area contributed by atoms with Gasteiger partial charge in [-0.2, -0.15) is 0 Å². The number of carbonyl (C=O) groups excluding carboxylic acids is 1. The molecular weight excluding hydrogens is 316 g/mol. The van der Waals surface area contributed by atoms with E-state index in [4.69, 9.17) is 22.1 Å². The largest absolute Gasteiger partial charge is 0.382 e. The summed E-state index contributed by atoms with van der Waals surface area (Å²) in [7, 11) is 0. The summed E-state index contributed by atoms with van der Waals surface area (Å²) in [5, 5.41) is 6.38. The number of nitrogens with two attached hydrogens (primary N) is 1. The quantitative estimate of drug-likeness (QED) is 0.365. The summed E-state index contributed by atoms with van der Waals surface area (Å²) >= 11 is 6.02. The molecule has 0 aromatic heterocycles. The molecule has 0 bridgehead atoms. The van der Waals surface area contributed by atoms with Crippen LogP contribution in [0.15, 0.2) is 23.2 Å². The third kappa shape index (κ3) is 7.85. The zero-order chi connectivity index (χ0) is 17.1. The van der Waals surface area contributed by atoms with E-state index in [-0.39, 0.29) is 5.91 Å². The number of nitrogens with one attached hydrogen (secondary N) is 2. The number of amides is 1. The third-order valence-corrected chi connectivity index (χ3v) is 3.54. The molecular formula is C16H25ClN4O2. The Hall–Kier alpha value is -1.79. The minimum Gasteiger partial charge on any atom is -0.382 e. The summed E-state index contributed by atoms with van der Waals surface area (Å²) in [6.07, 6.45) is 1.12. The first kappa shape index (κ1) is 19.3. The van der Waals surface area contributed by atoms with Crippen LogP contribution in [-0.2, 0) is 9.53 Å². The Morgan fingerprint density at radius 2 is 2.22 bits per heavy atom. The van der Waals surface area contributed by atoms with E-state index in [9.17, 15) is 4.79 Å². The van der Waals surface area contributed by atoms with Crippen LogP contribution in [0.1, 0.15) is 25.3 Å². The number of carbonyl (C=O) groups is 1. The van der Waals surface area contributed by atoms with Gasteiger partial charge in [-0.1, -0.05) is 17.7 Å². The van der Waals surface area contributed by atoms with Gasteiger partial charge in [0.25, 0.3) is 0 Å². The predicted molar refractivity (Wildman–Crippen MR) is 95.0 cm³/mol. The Labute approximate surface area is 142 Å². The highest BCUT2D eigenvalue weighted by Gasteiger charge is 2.06. The number of guanidine groups is 1. The molecule has 0 aliphatic heterocycles. The topological polar surface area (TPSA) is 88.7 Å². The van der Waals surface area contributed by atoms with E-state index >= 15 is 0 Å². The van der Waals surface area contributed by atoms with E-state index in [2.05, 4.69) is 15.6 Å². The summed E-state index contributed by atoms with van der Waals surface area (Å²) in [6, 6.07) is 5.41. The summed E-state index contributed by atoms with van der Waals surface area (Å²) in [5.41, 5.74) is 7.30. The number of nitrogens with zero attached hydrogens (tertiary/aromatic N) is 1. The van der Waals surface area contributed by atoms with E-state index in [1.54, 1.807) is 12.1 Å². The first-order valence-corrected chi connectivity index (χ1v) is 8.09. The van der Waals surface area contributed by atoms with Gasteiger partial charge < -0.3 is 21.1 Å². The van der Waals surface area contributed by atoms with Gasteiger partial charge in [-0.15, -0.1) is 0 Å². The Kier molecular flexibility index (Phi) is 9.09. The molecule has 128 valence electrons. The molecule has 0 unspecified atom stereocenters. The second-order valence-corrected chi connectivity index (χ2v) is 5.36. The lowest BCUT2D eigenvalue weighted by Gasteiger charge is -2.10. The first-order chi connectivity index (χ1) is 11.0. The molecule has 1 amide bonds. The van der Waals surface area contributed by atoms with Crippen LogP contribution in [0.2, 0.25) is 5.02 Å². The molecule has 1 aromatic carbocycles. The number of halogens is 1. The van der Waals surface area contributed by atoms with E-state index < -0.39 is 0 Å². The maximum absolute atomic E-state index is 11.9. The van der Waals surface area contributed by atoms with Crippen LogP contribution >= 0.6 is 11.6 Å². The molecule has 7 heteroatoms. The molecule has 6 nitrogen and oxygen atoms in total. The van der Waals surface area contributed by atoms with Crippen LogP contribution in [0.5, 0.6) is 0 Å². The van der Waals surface area contributed by atoms with Crippen molar-refractivity contribution in [3.05, 3.63) is 28.8 Å². The van der Waals surface area contributed by atoms with Crippen molar-refractivity contribution in [2.75, 3.05) is 31.6 Å². The fraction of sp³-hybridized carbons (Fsp3) is 0.500. The molecule has 0 saturated carbocycles. The zero-order valence-electron chi connectivity index (χ0n) is 13.7. The second kappa shape index (κ2) is 10.9. The van der Waals surface area contributed by atoms with Gasteiger partial charge in [-0.25, -0.2) is 0 Å². The fourth-order valence-corrected chi connectivity index (χ4v) is 2.00. The van der Waals surface area contributed by atoms with E-state index in [1.165, 1.54) is 0 Å². The lowest BCUT2D eigenvalue weighted by molar-refractivity contribution is -0.116. The number of benzene rings is 1. The number of hydrogen-bond acceptors (Lipinski definition) is 3. The van der Waals surface area contributed by atoms with Crippen molar-refractivity contribution in [3.8, 4) is 0 Å². The first-order valence-electron chi connectivity index (χ1n) is 7.71. The van der Waals surface area contributed by atoms with Gasteiger partial charge in [-0.05, 0) is 38.0 Å². The number of hydrogen-bond donors (Lipinski definition) is 3. The molecule has 0 fully saturated rings. The maximum Gasteiger partial charge on any atom is 0.226 e. The zero-order valence-corrected chi connectivity index (χ0v) is 14.4. The normalized spacial score (nSPS) is 11.3. The van der Waals surface area contributed by atoms with Crippen molar-refractivity contribution in [1.82, 2.24) is 5.32 Å². The highest BCUT2D eigenvalue weighted by Crippen LogP contribution is 2.22. The van der Waals surface area contributed by atoms with Gasteiger partial charge >= 0.3 is 0 Å². The molecule has 0 radical (unpaired) electrons. The molecule has 0 atom stereocenters. The van der Waals surface area contributed by atoms with Crippen LogP contribution in [0.3, 0.4) is 0 Å². The molecule has 0 aliphatic rings. The van der Waals surface area contributed by atoms with Gasteiger partial charge in [0.05, 0.1) is 0 Å². The highest BCUT2D eigenvalue weighted by molar-refractivity contribution is 6.31. The molecule has 4 N–H and O–H groups in total. The molecule has 0 aliphatic carbocycles. The van der Waals surface area contributed by atoms with Crippen molar-refractivity contribution in [2.24, 2.45) is 10.7 Å². The number of rotatable bonds is 9. The van der Waals surface area contributed by atoms with E-state index in [0.29, 0.717) is 43.7 Å². The summed E-state index contributed by atoms with van der Waals surface area (Å²) in [6.45, 7) is 6.23. The summed E-state index contributed by atoms with van der Waals surface area (Å²) < 4.78 is 5.21. The van der Waals surface area contributed by atoms with Crippen molar-refractivity contribution < 1.29 is 9.53 Å². The van der Waals surface area contributed by atoms with E-state index in [1.807, 2.05) is 19.9 Å². The summed E-state index contributed by atoms with van der Waals surface area (Å²) in [5.74, 6) is 0.236. The third-order valence-electron chi connectivity index (χ3n) is 3.13. The average molecular weight is 341 g/mol. The molecule has 1 aromatic rings. The van der Waals surface area contributed by atoms with Crippen LogP contribution < -0.4 is 16.4 Å². The average Bonchev–Trinajstić information content (AvgIpc) is 2.51. The number of anilines is 1. The summed E-state index contributed by atoms with van der Waals surface area (Å²) in [4.78, 5) is 16.1. The van der Waals surface area contributed by atoms with Crippen LogP contribution in [-0.4, -0.2) is 38.2 Å². The number of ether oxygens (including phenoxy) is 1. The highest BCUT2D eigenvalue weighted by atomic mass is 35.5. The Morgan fingerprint density at radius 1 is 1.43 bits per heavy atom. The van der Waals surface area contributed by atoms with Crippen LogP contribution in [0, 0.1) is 6.92 Å². The number of aliphatic imine (C=N–C) groups is 1.